The normalized spacial score (nSPS) is 20.1. The predicted molar refractivity (Wildman–Crippen MR) is 56.7 cm³/mol. The molecular formula is C12H16FN. The highest BCUT2D eigenvalue weighted by Gasteiger charge is 2.25. The average molecular weight is 193 g/mol. The summed E-state index contributed by atoms with van der Waals surface area (Å²) in [6.45, 7) is 4.42. The van der Waals surface area contributed by atoms with Crippen molar-refractivity contribution in [2.24, 2.45) is 5.92 Å². The van der Waals surface area contributed by atoms with Crippen molar-refractivity contribution in [2.45, 2.75) is 32.6 Å². The van der Waals surface area contributed by atoms with E-state index in [0.717, 1.165) is 18.4 Å². The second kappa shape index (κ2) is 3.26. The molecule has 2 heteroatoms. The van der Waals surface area contributed by atoms with E-state index in [4.69, 9.17) is 5.73 Å². The topological polar surface area (TPSA) is 26.0 Å². The lowest BCUT2D eigenvalue weighted by Gasteiger charge is -2.16. The number of aryl methyl sites for hydroxylation is 1. The molecule has 0 bridgehead atoms. The molecule has 0 aliphatic heterocycles. The molecule has 1 unspecified atom stereocenters. The maximum atomic E-state index is 13.2. The van der Waals surface area contributed by atoms with Gasteiger partial charge in [-0.15, -0.1) is 0 Å². The molecule has 0 heterocycles. The van der Waals surface area contributed by atoms with Crippen LogP contribution in [-0.4, -0.2) is 0 Å². The molecule has 0 saturated carbocycles. The number of rotatable bonds is 1. The maximum Gasteiger partial charge on any atom is 0.146 e. The number of nitrogen functional groups attached to an aromatic ring is 1. The molecule has 0 radical (unpaired) electrons. The summed E-state index contributed by atoms with van der Waals surface area (Å²) in [5, 5.41) is 0. The summed E-state index contributed by atoms with van der Waals surface area (Å²) in [6, 6.07) is 3.43. The van der Waals surface area contributed by atoms with Gasteiger partial charge < -0.3 is 5.73 Å². The van der Waals surface area contributed by atoms with Gasteiger partial charge in [0.05, 0.1) is 5.69 Å². The van der Waals surface area contributed by atoms with Gasteiger partial charge in [0.25, 0.3) is 0 Å². The van der Waals surface area contributed by atoms with E-state index in [9.17, 15) is 4.39 Å². The van der Waals surface area contributed by atoms with Crippen molar-refractivity contribution >= 4 is 5.69 Å². The molecule has 1 aromatic carbocycles. The maximum absolute atomic E-state index is 13.2. The molecule has 2 N–H and O–H groups in total. The number of nitrogens with two attached hydrogens (primary N) is 1. The molecule has 0 aromatic heterocycles. The first-order chi connectivity index (χ1) is 6.59. The molecule has 0 fully saturated rings. The van der Waals surface area contributed by atoms with E-state index in [0.29, 0.717) is 11.8 Å². The minimum atomic E-state index is -0.270. The quantitative estimate of drug-likeness (QED) is 0.681. The van der Waals surface area contributed by atoms with Crippen molar-refractivity contribution in [1.29, 1.82) is 0 Å². The van der Waals surface area contributed by atoms with Crippen molar-refractivity contribution in [1.82, 2.24) is 0 Å². The zero-order valence-corrected chi connectivity index (χ0v) is 8.68. The summed E-state index contributed by atoms with van der Waals surface area (Å²) >= 11 is 0. The van der Waals surface area contributed by atoms with Gasteiger partial charge in [0.2, 0.25) is 0 Å². The summed E-state index contributed by atoms with van der Waals surface area (Å²) in [5.41, 5.74) is 8.28. The van der Waals surface area contributed by atoms with Crippen LogP contribution in [0, 0.1) is 11.7 Å². The van der Waals surface area contributed by atoms with E-state index in [1.54, 1.807) is 6.07 Å². The van der Waals surface area contributed by atoms with E-state index >= 15 is 0 Å². The van der Waals surface area contributed by atoms with E-state index in [1.807, 2.05) is 6.07 Å². The van der Waals surface area contributed by atoms with Crippen LogP contribution in [0.1, 0.15) is 37.3 Å². The van der Waals surface area contributed by atoms with Gasteiger partial charge >= 0.3 is 0 Å². The lowest BCUT2D eigenvalue weighted by Crippen LogP contribution is -2.03. The molecule has 14 heavy (non-hydrogen) atoms. The first-order valence-corrected chi connectivity index (χ1v) is 5.17. The zero-order valence-electron chi connectivity index (χ0n) is 8.68. The van der Waals surface area contributed by atoms with Crippen molar-refractivity contribution in [3.63, 3.8) is 0 Å². The van der Waals surface area contributed by atoms with Crippen LogP contribution in [0.3, 0.4) is 0 Å². The van der Waals surface area contributed by atoms with Gasteiger partial charge in [-0.1, -0.05) is 13.8 Å². The van der Waals surface area contributed by atoms with E-state index in [-0.39, 0.29) is 11.5 Å². The van der Waals surface area contributed by atoms with Crippen LogP contribution < -0.4 is 5.73 Å². The van der Waals surface area contributed by atoms with Crippen LogP contribution in [0.15, 0.2) is 12.1 Å². The van der Waals surface area contributed by atoms with Gasteiger partial charge in [0.15, 0.2) is 0 Å². The number of fused-ring (bicyclic) bond motifs is 1. The Bertz CT molecular complexity index is 358. The van der Waals surface area contributed by atoms with Crippen molar-refractivity contribution in [3.05, 3.63) is 29.1 Å². The van der Waals surface area contributed by atoms with Crippen molar-refractivity contribution in [2.75, 3.05) is 5.73 Å². The van der Waals surface area contributed by atoms with Gasteiger partial charge in [-0.25, -0.2) is 4.39 Å². The molecule has 2 rings (SSSR count). The summed E-state index contributed by atoms with van der Waals surface area (Å²) in [6.07, 6.45) is 2.13. The Hall–Kier alpha value is -1.05. The van der Waals surface area contributed by atoms with Crippen LogP contribution in [-0.2, 0) is 6.42 Å². The second-order valence-electron chi connectivity index (χ2n) is 4.46. The third-order valence-corrected chi connectivity index (χ3v) is 3.19. The summed E-state index contributed by atoms with van der Waals surface area (Å²) in [7, 11) is 0. The van der Waals surface area contributed by atoms with Crippen LogP contribution in [0.2, 0.25) is 0 Å². The van der Waals surface area contributed by atoms with E-state index in [2.05, 4.69) is 13.8 Å². The Morgan fingerprint density at radius 2 is 2.14 bits per heavy atom. The largest absolute Gasteiger partial charge is 0.396 e. The molecule has 0 spiro atoms. The smallest absolute Gasteiger partial charge is 0.146 e. The highest BCUT2D eigenvalue weighted by atomic mass is 19.1. The minimum Gasteiger partial charge on any atom is -0.396 e. The molecule has 1 aliphatic rings. The number of halogens is 1. The minimum absolute atomic E-state index is 0.270. The molecule has 1 nitrogen and oxygen atoms in total. The molecular weight excluding hydrogens is 177 g/mol. The fourth-order valence-corrected chi connectivity index (χ4v) is 2.37. The number of benzene rings is 1. The zero-order chi connectivity index (χ0) is 10.3. The average Bonchev–Trinajstić information content (AvgIpc) is 2.48. The van der Waals surface area contributed by atoms with Gasteiger partial charge in [-0.2, -0.15) is 0 Å². The standard InChI is InChI=1S/C12H16FN/c1-7(2)9-4-3-8-5-11(13)12(14)6-10(8)9/h5-7,9H,3-4,14H2,1-2H3. The Morgan fingerprint density at radius 1 is 1.43 bits per heavy atom. The number of anilines is 1. The fraction of sp³-hybridized carbons (Fsp3) is 0.500. The lowest BCUT2D eigenvalue weighted by molar-refractivity contribution is 0.496. The van der Waals surface area contributed by atoms with Crippen LogP contribution in [0.5, 0.6) is 0 Å². The van der Waals surface area contributed by atoms with Gasteiger partial charge in [0.1, 0.15) is 5.82 Å². The summed E-state index contributed by atoms with van der Waals surface area (Å²) < 4.78 is 13.2. The Morgan fingerprint density at radius 3 is 2.79 bits per heavy atom. The first-order valence-electron chi connectivity index (χ1n) is 5.17. The monoisotopic (exact) mass is 193 g/mol. The first kappa shape index (κ1) is 9.50. The molecule has 76 valence electrons. The van der Waals surface area contributed by atoms with Crippen LogP contribution >= 0.6 is 0 Å². The highest BCUT2D eigenvalue weighted by molar-refractivity contribution is 5.49. The van der Waals surface area contributed by atoms with Gasteiger partial charge in [-0.3, -0.25) is 0 Å². The van der Waals surface area contributed by atoms with E-state index in [1.165, 1.54) is 5.56 Å². The molecule has 1 aromatic rings. The second-order valence-corrected chi connectivity index (χ2v) is 4.46. The van der Waals surface area contributed by atoms with Gasteiger partial charge in [-0.05, 0) is 47.9 Å². The number of hydrogen-bond acceptors (Lipinski definition) is 1. The van der Waals surface area contributed by atoms with E-state index < -0.39 is 0 Å². The predicted octanol–water partition coefficient (Wildman–Crippen LogP) is 3.09. The Labute approximate surface area is 84.1 Å². The van der Waals surface area contributed by atoms with Gasteiger partial charge in [0, 0.05) is 0 Å². The highest BCUT2D eigenvalue weighted by Crippen LogP contribution is 2.39. The third-order valence-electron chi connectivity index (χ3n) is 3.19. The Kier molecular flexibility index (Phi) is 2.22. The molecule has 1 atom stereocenters. The molecule has 1 aliphatic carbocycles. The number of hydrogen-bond donors (Lipinski definition) is 1. The van der Waals surface area contributed by atoms with Crippen LogP contribution in [0.4, 0.5) is 10.1 Å². The fourth-order valence-electron chi connectivity index (χ4n) is 2.37. The van der Waals surface area contributed by atoms with Crippen molar-refractivity contribution in [3.8, 4) is 0 Å². The summed E-state index contributed by atoms with van der Waals surface area (Å²) in [5.74, 6) is 0.905. The summed E-state index contributed by atoms with van der Waals surface area (Å²) in [4.78, 5) is 0. The SMILES string of the molecule is CC(C)C1CCc2cc(F)c(N)cc21. The molecule has 0 saturated heterocycles. The van der Waals surface area contributed by atoms with Crippen molar-refractivity contribution < 1.29 is 4.39 Å². The molecule has 0 amide bonds. The van der Waals surface area contributed by atoms with Crippen LogP contribution in [0.25, 0.3) is 0 Å². The lowest BCUT2D eigenvalue weighted by atomic mass is 9.90. The Balaban J connectivity index is 2.45. The third kappa shape index (κ3) is 1.39.